The lowest BCUT2D eigenvalue weighted by Gasteiger charge is -2.21. The third-order valence-electron chi connectivity index (χ3n) is 3.49. The summed E-state index contributed by atoms with van der Waals surface area (Å²) in [7, 11) is 0. The molecule has 2 rings (SSSR count). The molecule has 1 unspecified atom stereocenters. The van der Waals surface area contributed by atoms with Gasteiger partial charge in [-0.2, -0.15) is 0 Å². The molecule has 1 atom stereocenters. The van der Waals surface area contributed by atoms with E-state index in [1.54, 1.807) is 6.07 Å². The topological polar surface area (TPSA) is 66.9 Å². The van der Waals surface area contributed by atoms with Crippen LogP contribution in [0.5, 0.6) is 0 Å². The average Bonchev–Trinajstić information content (AvgIpc) is 2.53. The standard InChI is InChI=1S/C19H26N4O/c1-6-13(2)20-16-12-15(18(24)23-19(3,4)5)21-17(22-16)14-10-8-7-9-11-14/h7-13H,6H2,1-5H3,(H,23,24)(H,20,21,22). The molecule has 128 valence electrons. The molecule has 5 heteroatoms. The van der Waals surface area contributed by atoms with Crippen LogP contribution in [0.2, 0.25) is 0 Å². The minimum absolute atomic E-state index is 0.200. The molecule has 0 aliphatic carbocycles. The molecule has 0 saturated heterocycles. The molecule has 1 aromatic carbocycles. The highest BCUT2D eigenvalue weighted by Crippen LogP contribution is 2.19. The quantitative estimate of drug-likeness (QED) is 0.875. The Morgan fingerprint density at radius 1 is 1.17 bits per heavy atom. The van der Waals surface area contributed by atoms with Crippen LogP contribution in [0.15, 0.2) is 36.4 Å². The summed E-state index contributed by atoms with van der Waals surface area (Å²) < 4.78 is 0. The summed E-state index contributed by atoms with van der Waals surface area (Å²) in [6.07, 6.45) is 0.966. The SMILES string of the molecule is CCC(C)Nc1cc(C(=O)NC(C)(C)C)nc(-c2ccccc2)n1. The molecule has 0 spiro atoms. The number of carbonyl (C=O) groups is 1. The van der Waals surface area contributed by atoms with Crippen LogP contribution in [0.25, 0.3) is 11.4 Å². The fraction of sp³-hybridized carbons (Fsp3) is 0.421. The van der Waals surface area contributed by atoms with E-state index >= 15 is 0 Å². The van der Waals surface area contributed by atoms with Crippen molar-refractivity contribution < 1.29 is 4.79 Å². The minimum atomic E-state index is -0.320. The van der Waals surface area contributed by atoms with Gasteiger partial charge < -0.3 is 10.6 Å². The van der Waals surface area contributed by atoms with Crippen LogP contribution >= 0.6 is 0 Å². The summed E-state index contributed by atoms with van der Waals surface area (Å²) in [5, 5.41) is 6.28. The molecule has 0 bridgehead atoms. The molecule has 24 heavy (non-hydrogen) atoms. The van der Waals surface area contributed by atoms with Crippen molar-refractivity contribution >= 4 is 11.7 Å². The number of hydrogen-bond donors (Lipinski definition) is 2. The third kappa shape index (κ3) is 5.05. The number of anilines is 1. The first-order chi connectivity index (χ1) is 11.3. The molecular formula is C19H26N4O. The summed E-state index contributed by atoms with van der Waals surface area (Å²) in [5.41, 5.74) is 0.930. The van der Waals surface area contributed by atoms with Gasteiger partial charge in [0, 0.05) is 23.2 Å². The normalized spacial score (nSPS) is 12.5. The number of aromatic nitrogens is 2. The zero-order chi connectivity index (χ0) is 17.7. The molecule has 0 fully saturated rings. The molecule has 0 radical (unpaired) electrons. The van der Waals surface area contributed by atoms with Crippen LogP contribution < -0.4 is 10.6 Å². The van der Waals surface area contributed by atoms with Gasteiger partial charge in [-0.15, -0.1) is 0 Å². The van der Waals surface area contributed by atoms with Crippen molar-refractivity contribution in [3.8, 4) is 11.4 Å². The second kappa shape index (κ2) is 7.43. The number of nitrogens with zero attached hydrogens (tertiary/aromatic N) is 2. The van der Waals surface area contributed by atoms with Gasteiger partial charge in [0.15, 0.2) is 5.82 Å². The Kier molecular flexibility index (Phi) is 5.54. The Morgan fingerprint density at radius 2 is 1.83 bits per heavy atom. The van der Waals surface area contributed by atoms with Crippen molar-refractivity contribution in [3.05, 3.63) is 42.1 Å². The molecule has 1 amide bonds. The molecule has 0 saturated carbocycles. The van der Waals surface area contributed by atoms with Gasteiger partial charge in [0.05, 0.1) is 0 Å². The van der Waals surface area contributed by atoms with Crippen LogP contribution in [0.3, 0.4) is 0 Å². The smallest absolute Gasteiger partial charge is 0.270 e. The molecular weight excluding hydrogens is 300 g/mol. The van der Waals surface area contributed by atoms with E-state index in [-0.39, 0.29) is 17.5 Å². The van der Waals surface area contributed by atoms with Crippen LogP contribution in [-0.2, 0) is 0 Å². The maximum Gasteiger partial charge on any atom is 0.270 e. The largest absolute Gasteiger partial charge is 0.367 e. The van der Waals surface area contributed by atoms with Gasteiger partial charge >= 0.3 is 0 Å². The minimum Gasteiger partial charge on any atom is -0.367 e. The monoisotopic (exact) mass is 326 g/mol. The highest BCUT2D eigenvalue weighted by molar-refractivity contribution is 5.93. The molecule has 1 aromatic heterocycles. The zero-order valence-corrected chi connectivity index (χ0v) is 15.1. The third-order valence-corrected chi connectivity index (χ3v) is 3.49. The van der Waals surface area contributed by atoms with E-state index in [9.17, 15) is 4.79 Å². The van der Waals surface area contributed by atoms with Crippen molar-refractivity contribution in [1.29, 1.82) is 0 Å². The second-order valence-electron chi connectivity index (χ2n) is 6.99. The average molecular weight is 326 g/mol. The number of amides is 1. The summed E-state index contributed by atoms with van der Waals surface area (Å²) in [6, 6.07) is 11.7. The summed E-state index contributed by atoms with van der Waals surface area (Å²) in [5.74, 6) is 1.01. The Labute approximate surface area is 143 Å². The van der Waals surface area contributed by atoms with Crippen molar-refractivity contribution in [2.45, 2.75) is 52.6 Å². The number of nitrogens with one attached hydrogen (secondary N) is 2. The molecule has 5 nitrogen and oxygen atoms in total. The lowest BCUT2D eigenvalue weighted by Crippen LogP contribution is -2.41. The fourth-order valence-electron chi connectivity index (χ4n) is 2.11. The maximum absolute atomic E-state index is 12.5. The van der Waals surface area contributed by atoms with Gasteiger partial charge in [0.25, 0.3) is 5.91 Å². The van der Waals surface area contributed by atoms with Gasteiger partial charge in [0.1, 0.15) is 11.5 Å². The molecule has 1 heterocycles. The van der Waals surface area contributed by atoms with E-state index in [2.05, 4.69) is 34.4 Å². The van der Waals surface area contributed by atoms with E-state index in [0.29, 0.717) is 17.3 Å². The highest BCUT2D eigenvalue weighted by atomic mass is 16.2. The van der Waals surface area contributed by atoms with Gasteiger partial charge in [-0.1, -0.05) is 37.3 Å². The summed E-state index contributed by atoms with van der Waals surface area (Å²) in [4.78, 5) is 21.5. The van der Waals surface area contributed by atoms with Crippen LogP contribution in [-0.4, -0.2) is 27.5 Å². The van der Waals surface area contributed by atoms with Crippen molar-refractivity contribution in [1.82, 2.24) is 15.3 Å². The van der Waals surface area contributed by atoms with Gasteiger partial charge in [0.2, 0.25) is 0 Å². The number of rotatable bonds is 5. The Bertz CT molecular complexity index is 692. The lowest BCUT2D eigenvalue weighted by atomic mass is 10.1. The fourth-order valence-corrected chi connectivity index (χ4v) is 2.11. The van der Waals surface area contributed by atoms with E-state index in [0.717, 1.165) is 12.0 Å². The van der Waals surface area contributed by atoms with Gasteiger partial charge in [-0.05, 0) is 34.1 Å². The highest BCUT2D eigenvalue weighted by Gasteiger charge is 2.19. The summed E-state index contributed by atoms with van der Waals surface area (Å²) in [6.45, 7) is 10.0. The Morgan fingerprint density at radius 3 is 2.42 bits per heavy atom. The number of hydrogen-bond acceptors (Lipinski definition) is 4. The summed E-state index contributed by atoms with van der Waals surface area (Å²) >= 11 is 0. The molecule has 0 aliphatic rings. The van der Waals surface area contributed by atoms with Crippen LogP contribution in [0, 0.1) is 0 Å². The lowest BCUT2D eigenvalue weighted by molar-refractivity contribution is 0.0914. The van der Waals surface area contributed by atoms with E-state index in [1.807, 2.05) is 51.1 Å². The van der Waals surface area contributed by atoms with E-state index in [4.69, 9.17) is 0 Å². The predicted octanol–water partition coefficient (Wildman–Crippen LogP) is 3.88. The molecule has 2 N–H and O–H groups in total. The zero-order valence-electron chi connectivity index (χ0n) is 15.1. The number of carbonyl (C=O) groups excluding carboxylic acids is 1. The first-order valence-electron chi connectivity index (χ1n) is 8.32. The van der Waals surface area contributed by atoms with Crippen molar-refractivity contribution in [2.24, 2.45) is 0 Å². The van der Waals surface area contributed by atoms with E-state index in [1.165, 1.54) is 0 Å². The van der Waals surface area contributed by atoms with Crippen molar-refractivity contribution in [3.63, 3.8) is 0 Å². The van der Waals surface area contributed by atoms with Crippen LogP contribution in [0.1, 0.15) is 51.5 Å². The predicted molar refractivity (Wildman–Crippen MR) is 98.1 cm³/mol. The Hall–Kier alpha value is -2.43. The van der Waals surface area contributed by atoms with Crippen molar-refractivity contribution in [2.75, 3.05) is 5.32 Å². The molecule has 2 aromatic rings. The van der Waals surface area contributed by atoms with Crippen LogP contribution in [0.4, 0.5) is 5.82 Å². The van der Waals surface area contributed by atoms with Gasteiger partial charge in [-0.3, -0.25) is 4.79 Å². The molecule has 0 aliphatic heterocycles. The maximum atomic E-state index is 12.5. The second-order valence-corrected chi connectivity index (χ2v) is 6.99. The van der Waals surface area contributed by atoms with Gasteiger partial charge in [-0.25, -0.2) is 9.97 Å². The first kappa shape index (κ1) is 17.9. The number of benzene rings is 1. The first-order valence-corrected chi connectivity index (χ1v) is 8.32. The van der Waals surface area contributed by atoms with E-state index < -0.39 is 0 Å². The Balaban J connectivity index is 2.42.